The number of hydrogen-bond donors (Lipinski definition) is 2. The van der Waals surface area contributed by atoms with Gasteiger partial charge in [-0.2, -0.15) is 0 Å². The molecule has 0 fully saturated rings. The molecule has 0 radical (unpaired) electrons. The largest absolute Gasteiger partial charge is 0.481 e. The predicted molar refractivity (Wildman–Crippen MR) is 71.9 cm³/mol. The molecule has 1 rings (SSSR count). The highest BCUT2D eigenvalue weighted by atomic mass is 79.9. The van der Waals surface area contributed by atoms with Crippen LogP contribution < -0.4 is 5.32 Å². The summed E-state index contributed by atoms with van der Waals surface area (Å²) >= 11 is 6.94. The molecule has 0 atom stereocenters. The molecule has 0 heterocycles. The molecular formula is C11H13Br2NO2. The van der Waals surface area contributed by atoms with E-state index in [1.54, 1.807) is 0 Å². The normalized spacial score (nSPS) is 10.2. The Kier molecular flexibility index (Phi) is 5.28. The van der Waals surface area contributed by atoms with Crippen molar-refractivity contribution in [3.63, 3.8) is 0 Å². The number of benzene rings is 1. The number of anilines is 1. The first kappa shape index (κ1) is 13.5. The minimum absolute atomic E-state index is 0.189. The van der Waals surface area contributed by atoms with Gasteiger partial charge in [0.2, 0.25) is 0 Å². The number of aryl methyl sites for hydroxylation is 1. The molecule has 0 bridgehead atoms. The monoisotopic (exact) mass is 349 g/mol. The van der Waals surface area contributed by atoms with Crippen molar-refractivity contribution in [1.29, 1.82) is 0 Å². The zero-order valence-electron chi connectivity index (χ0n) is 8.89. The Balaban J connectivity index is 2.57. The second-order valence-electron chi connectivity index (χ2n) is 3.53. The average Bonchev–Trinajstić information content (AvgIpc) is 2.14. The van der Waals surface area contributed by atoms with Crippen LogP contribution in [0.1, 0.15) is 18.4 Å². The molecule has 0 spiro atoms. The van der Waals surface area contributed by atoms with Crippen molar-refractivity contribution in [1.82, 2.24) is 0 Å². The van der Waals surface area contributed by atoms with Crippen LogP contribution in [0.4, 0.5) is 5.69 Å². The van der Waals surface area contributed by atoms with Crippen LogP contribution in [-0.2, 0) is 4.79 Å². The number of nitrogens with one attached hydrogen (secondary N) is 1. The van der Waals surface area contributed by atoms with E-state index in [0.717, 1.165) is 20.2 Å². The van der Waals surface area contributed by atoms with E-state index in [1.807, 2.05) is 19.1 Å². The number of carboxylic acid groups (broad SMARTS) is 1. The molecule has 16 heavy (non-hydrogen) atoms. The molecule has 0 aliphatic rings. The number of rotatable bonds is 5. The van der Waals surface area contributed by atoms with Crippen LogP contribution in [0.5, 0.6) is 0 Å². The quantitative estimate of drug-likeness (QED) is 0.794. The Hall–Kier alpha value is -0.550. The summed E-state index contributed by atoms with van der Waals surface area (Å²) in [4.78, 5) is 10.3. The Morgan fingerprint density at radius 1 is 1.38 bits per heavy atom. The fourth-order valence-corrected chi connectivity index (χ4v) is 3.02. The van der Waals surface area contributed by atoms with Crippen LogP contribution in [-0.4, -0.2) is 17.6 Å². The fourth-order valence-electron chi connectivity index (χ4n) is 1.32. The molecule has 0 aliphatic heterocycles. The lowest BCUT2D eigenvalue weighted by Gasteiger charge is -2.11. The number of carboxylic acids is 1. The van der Waals surface area contributed by atoms with E-state index in [1.165, 1.54) is 0 Å². The third-order valence-electron chi connectivity index (χ3n) is 2.06. The van der Waals surface area contributed by atoms with Crippen molar-refractivity contribution < 1.29 is 9.90 Å². The van der Waals surface area contributed by atoms with E-state index < -0.39 is 5.97 Å². The summed E-state index contributed by atoms with van der Waals surface area (Å²) in [6, 6.07) is 4.04. The maximum Gasteiger partial charge on any atom is 0.303 e. The van der Waals surface area contributed by atoms with Crippen molar-refractivity contribution in [3.8, 4) is 0 Å². The van der Waals surface area contributed by atoms with Gasteiger partial charge >= 0.3 is 5.97 Å². The molecule has 1 aromatic carbocycles. The Bertz CT molecular complexity index is 371. The van der Waals surface area contributed by atoms with E-state index in [4.69, 9.17) is 5.11 Å². The fraction of sp³-hybridized carbons (Fsp3) is 0.364. The Labute approximate surface area is 111 Å². The highest BCUT2D eigenvalue weighted by molar-refractivity contribution is 9.11. The SMILES string of the molecule is Cc1cc(Br)c(NCCCC(=O)O)c(Br)c1. The van der Waals surface area contributed by atoms with Gasteiger partial charge in [-0.3, -0.25) is 4.79 Å². The summed E-state index contributed by atoms with van der Waals surface area (Å²) in [6.07, 6.45) is 0.802. The van der Waals surface area contributed by atoms with E-state index in [9.17, 15) is 4.79 Å². The zero-order valence-corrected chi connectivity index (χ0v) is 12.1. The van der Waals surface area contributed by atoms with Crippen LogP contribution in [0.3, 0.4) is 0 Å². The maximum absolute atomic E-state index is 10.3. The molecule has 0 unspecified atom stereocenters. The zero-order chi connectivity index (χ0) is 12.1. The minimum Gasteiger partial charge on any atom is -0.481 e. The van der Waals surface area contributed by atoms with Gasteiger partial charge in [0.15, 0.2) is 0 Å². The minimum atomic E-state index is -0.760. The van der Waals surface area contributed by atoms with E-state index in [2.05, 4.69) is 37.2 Å². The lowest BCUT2D eigenvalue weighted by molar-refractivity contribution is -0.137. The number of carbonyl (C=O) groups is 1. The Morgan fingerprint density at radius 2 is 1.94 bits per heavy atom. The average molecular weight is 351 g/mol. The van der Waals surface area contributed by atoms with Crippen LogP contribution >= 0.6 is 31.9 Å². The lowest BCUT2D eigenvalue weighted by atomic mass is 10.2. The van der Waals surface area contributed by atoms with Gasteiger partial charge in [-0.15, -0.1) is 0 Å². The molecule has 0 saturated carbocycles. The first-order valence-corrected chi connectivity index (χ1v) is 6.50. The van der Waals surface area contributed by atoms with Crippen molar-refractivity contribution in [2.75, 3.05) is 11.9 Å². The maximum atomic E-state index is 10.3. The highest BCUT2D eigenvalue weighted by Gasteiger charge is 2.05. The standard InChI is InChI=1S/C11H13Br2NO2/c1-7-5-8(12)11(9(13)6-7)14-4-2-3-10(15)16/h5-6,14H,2-4H2,1H3,(H,15,16). The van der Waals surface area contributed by atoms with Crippen LogP contribution in [0.25, 0.3) is 0 Å². The Morgan fingerprint density at radius 3 is 2.44 bits per heavy atom. The smallest absolute Gasteiger partial charge is 0.303 e. The van der Waals surface area contributed by atoms with Gasteiger partial charge in [0.1, 0.15) is 0 Å². The molecule has 0 saturated heterocycles. The second kappa shape index (κ2) is 6.25. The van der Waals surface area contributed by atoms with Gasteiger partial charge in [-0.25, -0.2) is 0 Å². The van der Waals surface area contributed by atoms with Crippen molar-refractivity contribution in [2.24, 2.45) is 0 Å². The first-order chi connectivity index (χ1) is 7.50. The van der Waals surface area contributed by atoms with E-state index in [-0.39, 0.29) is 6.42 Å². The highest BCUT2D eigenvalue weighted by Crippen LogP contribution is 2.32. The number of aliphatic carboxylic acids is 1. The number of hydrogen-bond acceptors (Lipinski definition) is 2. The summed E-state index contributed by atoms with van der Waals surface area (Å²) in [5.74, 6) is -0.760. The number of halogens is 2. The molecule has 88 valence electrons. The molecule has 3 nitrogen and oxygen atoms in total. The molecule has 0 aliphatic carbocycles. The van der Waals surface area contributed by atoms with Gasteiger partial charge in [0, 0.05) is 21.9 Å². The topological polar surface area (TPSA) is 49.3 Å². The molecule has 2 N–H and O–H groups in total. The van der Waals surface area contributed by atoms with Gasteiger partial charge in [0.25, 0.3) is 0 Å². The summed E-state index contributed by atoms with van der Waals surface area (Å²) < 4.78 is 1.96. The third kappa shape index (κ3) is 4.14. The van der Waals surface area contributed by atoms with Crippen LogP contribution in [0.2, 0.25) is 0 Å². The predicted octanol–water partition coefficient (Wildman–Crippen LogP) is 3.80. The molecular weight excluding hydrogens is 338 g/mol. The molecule has 1 aromatic rings. The van der Waals surface area contributed by atoms with Gasteiger partial charge in [-0.1, -0.05) is 0 Å². The van der Waals surface area contributed by atoms with Gasteiger partial charge in [0.05, 0.1) is 5.69 Å². The summed E-state index contributed by atoms with van der Waals surface area (Å²) in [6.45, 7) is 2.66. The molecule has 5 heteroatoms. The third-order valence-corrected chi connectivity index (χ3v) is 3.31. The van der Waals surface area contributed by atoms with Crippen molar-refractivity contribution in [2.45, 2.75) is 19.8 Å². The summed E-state index contributed by atoms with van der Waals surface area (Å²) in [7, 11) is 0. The summed E-state index contributed by atoms with van der Waals surface area (Å²) in [5.41, 5.74) is 2.13. The van der Waals surface area contributed by atoms with Gasteiger partial charge < -0.3 is 10.4 Å². The first-order valence-electron chi connectivity index (χ1n) is 4.92. The van der Waals surface area contributed by atoms with E-state index in [0.29, 0.717) is 13.0 Å². The van der Waals surface area contributed by atoms with Crippen molar-refractivity contribution in [3.05, 3.63) is 26.6 Å². The molecule has 0 amide bonds. The van der Waals surface area contributed by atoms with E-state index >= 15 is 0 Å². The molecule has 0 aromatic heterocycles. The lowest BCUT2D eigenvalue weighted by Crippen LogP contribution is -2.05. The van der Waals surface area contributed by atoms with Gasteiger partial charge in [-0.05, 0) is 62.9 Å². The van der Waals surface area contributed by atoms with Crippen LogP contribution in [0.15, 0.2) is 21.1 Å². The van der Waals surface area contributed by atoms with Crippen molar-refractivity contribution >= 4 is 43.5 Å². The van der Waals surface area contributed by atoms with Crippen LogP contribution in [0, 0.1) is 6.92 Å². The second-order valence-corrected chi connectivity index (χ2v) is 5.24. The summed E-state index contributed by atoms with van der Waals surface area (Å²) in [5, 5.41) is 11.7.